The van der Waals surface area contributed by atoms with Gasteiger partial charge in [-0.3, -0.25) is 0 Å². The molecular formula is C17H27BO4. The maximum Gasteiger partial charge on any atom is 0.495 e. The van der Waals surface area contributed by atoms with Crippen LogP contribution >= 0.6 is 0 Å². The molecule has 0 spiro atoms. The van der Waals surface area contributed by atoms with E-state index in [1.165, 1.54) is 7.11 Å². The smallest absolute Gasteiger partial charge is 0.465 e. The van der Waals surface area contributed by atoms with Gasteiger partial charge in [0.25, 0.3) is 0 Å². The van der Waals surface area contributed by atoms with Crippen molar-refractivity contribution in [1.29, 1.82) is 0 Å². The molecule has 2 rings (SSSR count). The molecule has 0 saturated carbocycles. The first-order chi connectivity index (χ1) is 10.2. The highest BCUT2D eigenvalue weighted by Gasteiger charge is 2.52. The number of esters is 1. The van der Waals surface area contributed by atoms with Gasteiger partial charge < -0.3 is 14.0 Å². The maximum atomic E-state index is 11.8. The lowest BCUT2D eigenvalue weighted by atomic mass is 9.75. The first-order valence-electron chi connectivity index (χ1n) is 7.73. The fourth-order valence-electron chi connectivity index (χ4n) is 2.21. The van der Waals surface area contributed by atoms with E-state index in [4.69, 9.17) is 14.0 Å². The lowest BCUT2D eigenvalue weighted by molar-refractivity contribution is 0.00578. The van der Waals surface area contributed by atoms with E-state index in [0.717, 1.165) is 11.0 Å². The molecule has 0 atom stereocenters. The molecule has 0 amide bonds. The Hall–Kier alpha value is -1.33. The highest BCUT2D eigenvalue weighted by Crippen LogP contribution is 2.36. The molecular weight excluding hydrogens is 279 g/mol. The van der Waals surface area contributed by atoms with Crippen molar-refractivity contribution in [1.82, 2.24) is 0 Å². The Morgan fingerprint density at radius 2 is 1.59 bits per heavy atom. The van der Waals surface area contributed by atoms with Crippen LogP contribution in [0.5, 0.6) is 0 Å². The van der Waals surface area contributed by atoms with Crippen molar-refractivity contribution in [2.24, 2.45) is 0 Å². The van der Waals surface area contributed by atoms with Crippen molar-refractivity contribution in [3.05, 3.63) is 29.3 Å². The average molecular weight is 306 g/mol. The van der Waals surface area contributed by atoms with Gasteiger partial charge in [0.15, 0.2) is 0 Å². The Bertz CT molecular complexity index is 521. The summed E-state index contributed by atoms with van der Waals surface area (Å²) in [5, 5.41) is 0. The molecule has 1 aromatic carbocycles. The first kappa shape index (κ1) is 18.7. The van der Waals surface area contributed by atoms with Crippen LogP contribution in [0.4, 0.5) is 0 Å². The zero-order valence-corrected chi connectivity index (χ0v) is 14.9. The minimum atomic E-state index is -0.468. The Morgan fingerprint density at radius 3 is 2.05 bits per heavy atom. The van der Waals surface area contributed by atoms with Crippen molar-refractivity contribution in [3.8, 4) is 0 Å². The van der Waals surface area contributed by atoms with Gasteiger partial charge in [-0.1, -0.05) is 26.0 Å². The molecule has 1 aliphatic heterocycles. The molecule has 0 aromatic heterocycles. The molecule has 1 aliphatic rings. The highest BCUT2D eigenvalue weighted by atomic mass is 16.7. The molecule has 0 unspecified atom stereocenters. The minimum Gasteiger partial charge on any atom is -0.465 e. The van der Waals surface area contributed by atoms with E-state index in [1.54, 1.807) is 6.07 Å². The number of ether oxygens (including phenoxy) is 1. The summed E-state index contributed by atoms with van der Waals surface area (Å²) in [4.78, 5) is 11.8. The Kier molecular flexibility index (Phi) is 5.82. The summed E-state index contributed by atoms with van der Waals surface area (Å²) in [7, 11) is 0.910. The predicted octanol–water partition coefficient (Wildman–Crippen LogP) is 3.11. The van der Waals surface area contributed by atoms with E-state index < -0.39 is 18.3 Å². The normalized spacial score (nSPS) is 18.5. The van der Waals surface area contributed by atoms with Crippen molar-refractivity contribution in [2.75, 3.05) is 7.11 Å². The van der Waals surface area contributed by atoms with Crippen molar-refractivity contribution >= 4 is 18.6 Å². The van der Waals surface area contributed by atoms with Crippen molar-refractivity contribution in [3.63, 3.8) is 0 Å². The van der Waals surface area contributed by atoms with Crippen LogP contribution < -0.4 is 5.46 Å². The Morgan fingerprint density at radius 1 is 1.09 bits per heavy atom. The first-order valence-corrected chi connectivity index (χ1v) is 7.73. The third-order valence-electron chi connectivity index (χ3n) is 4.29. The number of carbonyl (C=O) groups excluding carboxylic acids is 1. The van der Waals surface area contributed by atoms with Crippen LogP contribution in [0, 0.1) is 6.92 Å². The van der Waals surface area contributed by atoms with Gasteiger partial charge in [-0.05, 0) is 51.7 Å². The summed E-state index contributed by atoms with van der Waals surface area (Å²) in [5.41, 5.74) is 1.45. The van der Waals surface area contributed by atoms with Crippen LogP contribution in [-0.2, 0) is 14.0 Å². The fourth-order valence-corrected chi connectivity index (χ4v) is 2.21. The second kappa shape index (κ2) is 6.84. The average Bonchev–Trinajstić information content (AvgIpc) is 2.69. The molecule has 4 nitrogen and oxygen atoms in total. The summed E-state index contributed by atoms with van der Waals surface area (Å²) in [6, 6.07) is 5.49. The van der Waals surface area contributed by atoms with E-state index in [1.807, 2.05) is 60.6 Å². The predicted molar refractivity (Wildman–Crippen MR) is 89.6 cm³/mol. The van der Waals surface area contributed by atoms with Gasteiger partial charge in [0.05, 0.1) is 23.9 Å². The summed E-state index contributed by atoms with van der Waals surface area (Å²) in [5.74, 6) is -0.346. The number of methoxy groups -OCH3 is 1. The van der Waals surface area contributed by atoms with Gasteiger partial charge in [0.2, 0.25) is 0 Å². The van der Waals surface area contributed by atoms with Gasteiger partial charge in [0, 0.05) is 0 Å². The standard InChI is InChI=1S/C15H21BO4.C2H6/c1-10-11(13(17)18-6)8-7-9-12(10)16-19-14(2,3)15(4,5)20-16;1-2/h7-9H,1-6H3;1-2H3. The van der Waals surface area contributed by atoms with Crippen LogP contribution in [-0.4, -0.2) is 31.4 Å². The summed E-state index contributed by atoms with van der Waals surface area (Å²) < 4.78 is 16.8. The van der Waals surface area contributed by atoms with Crippen LogP contribution in [0.25, 0.3) is 0 Å². The van der Waals surface area contributed by atoms with Crippen LogP contribution in [0.15, 0.2) is 18.2 Å². The SMILES string of the molecule is CC.COC(=O)c1cccc(B2OC(C)(C)C(C)(C)O2)c1C. The summed E-state index contributed by atoms with van der Waals surface area (Å²) in [6.07, 6.45) is 0. The second-order valence-corrected chi connectivity index (χ2v) is 6.10. The van der Waals surface area contributed by atoms with Crippen LogP contribution in [0.3, 0.4) is 0 Å². The Labute approximate surface area is 134 Å². The largest absolute Gasteiger partial charge is 0.495 e. The van der Waals surface area contributed by atoms with Gasteiger partial charge in [-0.25, -0.2) is 4.79 Å². The third-order valence-corrected chi connectivity index (χ3v) is 4.29. The van der Waals surface area contributed by atoms with E-state index >= 15 is 0 Å². The maximum absolute atomic E-state index is 11.8. The number of hydrogen-bond acceptors (Lipinski definition) is 4. The minimum absolute atomic E-state index is 0.346. The monoisotopic (exact) mass is 306 g/mol. The Balaban J connectivity index is 0.00000116. The molecule has 22 heavy (non-hydrogen) atoms. The number of benzene rings is 1. The molecule has 1 heterocycles. The van der Waals surface area contributed by atoms with Crippen LogP contribution in [0.1, 0.15) is 57.5 Å². The molecule has 1 fully saturated rings. The summed E-state index contributed by atoms with van der Waals surface area (Å²) in [6.45, 7) is 13.9. The third kappa shape index (κ3) is 3.36. The number of carbonyl (C=O) groups is 1. The lowest BCUT2D eigenvalue weighted by Crippen LogP contribution is -2.41. The topological polar surface area (TPSA) is 44.8 Å². The zero-order valence-electron chi connectivity index (χ0n) is 14.9. The van der Waals surface area contributed by atoms with E-state index in [2.05, 4.69) is 0 Å². The van der Waals surface area contributed by atoms with Crippen molar-refractivity contribution in [2.45, 2.75) is 59.7 Å². The van der Waals surface area contributed by atoms with Gasteiger partial charge in [-0.2, -0.15) is 0 Å². The molecule has 0 bridgehead atoms. The molecule has 122 valence electrons. The zero-order chi connectivity index (χ0) is 17.1. The lowest BCUT2D eigenvalue weighted by Gasteiger charge is -2.32. The highest BCUT2D eigenvalue weighted by molar-refractivity contribution is 6.62. The molecule has 0 N–H and O–H groups in total. The molecule has 0 aliphatic carbocycles. The molecule has 0 radical (unpaired) electrons. The van der Waals surface area contributed by atoms with E-state index in [0.29, 0.717) is 5.56 Å². The van der Waals surface area contributed by atoms with Crippen LogP contribution in [0.2, 0.25) is 0 Å². The number of hydrogen-bond donors (Lipinski definition) is 0. The second-order valence-electron chi connectivity index (χ2n) is 6.10. The van der Waals surface area contributed by atoms with Gasteiger partial charge >= 0.3 is 13.1 Å². The molecule has 1 saturated heterocycles. The molecule has 1 aromatic rings. The van der Waals surface area contributed by atoms with E-state index in [-0.39, 0.29) is 5.97 Å². The van der Waals surface area contributed by atoms with Gasteiger partial charge in [0.1, 0.15) is 0 Å². The van der Waals surface area contributed by atoms with Crippen molar-refractivity contribution < 1.29 is 18.8 Å². The molecule has 5 heteroatoms. The summed E-state index contributed by atoms with van der Waals surface area (Å²) >= 11 is 0. The quantitative estimate of drug-likeness (QED) is 0.622. The van der Waals surface area contributed by atoms with Gasteiger partial charge in [-0.15, -0.1) is 0 Å². The number of rotatable bonds is 2. The fraction of sp³-hybridized carbons (Fsp3) is 0.588. The van der Waals surface area contributed by atoms with E-state index in [9.17, 15) is 4.79 Å².